The quantitative estimate of drug-likeness (QED) is 0.361. The minimum atomic E-state index is -4.69. The van der Waals surface area contributed by atoms with Crippen molar-refractivity contribution in [3.63, 3.8) is 0 Å². The highest BCUT2D eigenvalue weighted by Gasteiger charge is 2.23. The van der Waals surface area contributed by atoms with Crippen LogP contribution in [0.5, 0.6) is 11.5 Å². The van der Waals surface area contributed by atoms with Crippen molar-refractivity contribution in [1.29, 1.82) is 0 Å². The molecule has 1 aromatic heterocycles. The fraction of sp³-hybridized carbons (Fsp3) is 0.0588. The van der Waals surface area contributed by atoms with E-state index in [0.717, 1.165) is 19.2 Å². The predicted molar refractivity (Wildman–Crippen MR) is 107 cm³/mol. The number of hydrogen-bond donors (Lipinski definition) is 3. The van der Waals surface area contributed by atoms with Crippen LogP contribution in [0.2, 0.25) is 10.6 Å². The fourth-order valence-electron chi connectivity index (χ4n) is 2.46. The van der Waals surface area contributed by atoms with Crippen LogP contribution in [0.1, 0.15) is 15.9 Å². The standard InChI is InChI=1S/C17H12Cl2N4O6S/c1-29-12-7-11(24)10(6-13(12)30(26,27)28)14(25)8-2-4-9(5-3-8)20-17-22-15(18)21-16(19)23-17/h2-7,24H,1H3,(H,26,27,28)(H,20,21,22,23). The van der Waals surface area contributed by atoms with Crippen LogP contribution in [0.15, 0.2) is 41.3 Å². The van der Waals surface area contributed by atoms with Gasteiger partial charge in [0.15, 0.2) is 5.78 Å². The summed E-state index contributed by atoms with van der Waals surface area (Å²) in [4.78, 5) is 23.4. The van der Waals surface area contributed by atoms with E-state index in [4.69, 9.17) is 27.9 Å². The summed E-state index contributed by atoms with van der Waals surface area (Å²) >= 11 is 11.4. The molecule has 3 rings (SSSR count). The number of ether oxygens (including phenoxy) is 1. The van der Waals surface area contributed by atoms with Gasteiger partial charge in [-0.2, -0.15) is 23.4 Å². The van der Waals surface area contributed by atoms with Gasteiger partial charge in [0.25, 0.3) is 10.1 Å². The van der Waals surface area contributed by atoms with Crippen LogP contribution in [0.4, 0.5) is 11.6 Å². The molecule has 0 spiro atoms. The molecule has 0 amide bonds. The molecule has 13 heteroatoms. The van der Waals surface area contributed by atoms with Crippen LogP contribution in [0.3, 0.4) is 0 Å². The summed E-state index contributed by atoms with van der Waals surface area (Å²) in [5, 5.41) is 12.7. The summed E-state index contributed by atoms with van der Waals surface area (Å²) in [7, 11) is -3.53. The monoisotopic (exact) mass is 470 g/mol. The highest BCUT2D eigenvalue weighted by atomic mass is 35.5. The van der Waals surface area contributed by atoms with Crippen molar-refractivity contribution in [2.75, 3.05) is 12.4 Å². The Kier molecular flexibility index (Phi) is 6.08. The lowest BCUT2D eigenvalue weighted by Gasteiger charge is -2.11. The average Bonchev–Trinajstić information content (AvgIpc) is 2.66. The molecule has 0 saturated heterocycles. The molecule has 156 valence electrons. The van der Waals surface area contributed by atoms with E-state index in [-0.39, 0.29) is 33.4 Å². The van der Waals surface area contributed by atoms with Crippen molar-refractivity contribution >= 4 is 50.7 Å². The lowest BCUT2D eigenvalue weighted by atomic mass is 10.0. The molecule has 10 nitrogen and oxygen atoms in total. The lowest BCUT2D eigenvalue weighted by Crippen LogP contribution is -2.07. The Labute approximate surface area is 180 Å². The molecule has 0 aliphatic rings. The molecule has 0 saturated carbocycles. The number of carbonyl (C=O) groups excluding carboxylic acids is 1. The lowest BCUT2D eigenvalue weighted by molar-refractivity contribution is 0.103. The number of carbonyl (C=O) groups is 1. The van der Waals surface area contributed by atoms with E-state index >= 15 is 0 Å². The van der Waals surface area contributed by atoms with Gasteiger partial charge in [-0.3, -0.25) is 9.35 Å². The Morgan fingerprint density at radius 3 is 2.20 bits per heavy atom. The number of anilines is 2. The number of phenolic OH excluding ortho intramolecular Hbond substituents is 1. The largest absolute Gasteiger partial charge is 0.507 e. The number of rotatable bonds is 6. The number of halogens is 2. The van der Waals surface area contributed by atoms with Gasteiger partial charge in [0, 0.05) is 17.3 Å². The molecule has 1 heterocycles. The Morgan fingerprint density at radius 1 is 1.07 bits per heavy atom. The third kappa shape index (κ3) is 4.76. The minimum absolute atomic E-state index is 0.0877. The Morgan fingerprint density at radius 2 is 1.67 bits per heavy atom. The molecule has 0 fully saturated rings. The molecule has 30 heavy (non-hydrogen) atoms. The van der Waals surface area contributed by atoms with Crippen LogP contribution in [-0.4, -0.2) is 45.9 Å². The van der Waals surface area contributed by atoms with Crippen LogP contribution < -0.4 is 10.1 Å². The topological polar surface area (TPSA) is 152 Å². The number of aromatic hydroxyl groups is 1. The number of hydrogen-bond acceptors (Lipinski definition) is 9. The number of ketones is 1. The predicted octanol–water partition coefficient (Wildman–Crippen LogP) is 3.11. The summed E-state index contributed by atoms with van der Waals surface area (Å²) in [6.45, 7) is 0. The van der Waals surface area contributed by atoms with Gasteiger partial charge in [-0.1, -0.05) is 0 Å². The molecule has 0 radical (unpaired) electrons. The Balaban J connectivity index is 1.91. The molecule has 2 aromatic carbocycles. The zero-order chi connectivity index (χ0) is 22.1. The van der Waals surface area contributed by atoms with Gasteiger partial charge < -0.3 is 15.2 Å². The van der Waals surface area contributed by atoms with E-state index in [1.807, 2.05) is 0 Å². The smallest absolute Gasteiger partial charge is 0.298 e. The molecule has 3 N–H and O–H groups in total. The highest BCUT2D eigenvalue weighted by molar-refractivity contribution is 7.86. The highest BCUT2D eigenvalue weighted by Crippen LogP contribution is 2.33. The van der Waals surface area contributed by atoms with Crippen molar-refractivity contribution in [1.82, 2.24) is 15.0 Å². The van der Waals surface area contributed by atoms with Crippen LogP contribution in [0, 0.1) is 0 Å². The first kappa shape index (κ1) is 21.7. The molecular formula is C17H12Cl2N4O6S. The van der Waals surface area contributed by atoms with Crippen LogP contribution >= 0.6 is 23.2 Å². The molecule has 0 aliphatic carbocycles. The number of nitrogens with one attached hydrogen (secondary N) is 1. The van der Waals surface area contributed by atoms with Gasteiger partial charge in [-0.15, -0.1) is 0 Å². The van der Waals surface area contributed by atoms with E-state index in [1.54, 1.807) is 0 Å². The van der Waals surface area contributed by atoms with Crippen LogP contribution in [-0.2, 0) is 10.1 Å². The maximum absolute atomic E-state index is 12.7. The van der Waals surface area contributed by atoms with Crippen molar-refractivity contribution in [3.05, 3.63) is 58.1 Å². The zero-order valence-electron chi connectivity index (χ0n) is 15.0. The summed E-state index contributed by atoms with van der Waals surface area (Å²) in [6.07, 6.45) is 0. The van der Waals surface area contributed by atoms with E-state index in [1.165, 1.54) is 24.3 Å². The first-order chi connectivity index (χ1) is 14.1. The van der Waals surface area contributed by atoms with E-state index in [0.29, 0.717) is 5.69 Å². The van der Waals surface area contributed by atoms with E-state index in [9.17, 15) is 22.9 Å². The van der Waals surface area contributed by atoms with E-state index in [2.05, 4.69) is 20.3 Å². The molecular weight excluding hydrogens is 459 g/mol. The zero-order valence-corrected chi connectivity index (χ0v) is 17.3. The molecule has 0 unspecified atom stereocenters. The number of aromatic nitrogens is 3. The molecule has 0 atom stereocenters. The second-order valence-electron chi connectivity index (χ2n) is 5.72. The number of phenols is 1. The van der Waals surface area contributed by atoms with Gasteiger partial charge in [0.05, 0.1) is 12.7 Å². The van der Waals surface area contributed by atoms with Crippen molar-refractivity contribution in [2.45, 2.75) is 4.90 Å². The fourth-order valence-corrected chi connectivity index (χ4v) is 3.49. The maximum Gasteiger partial charge on any atom is 0.298 e. The second kappa shape index (κ2) is 8.40. The second-order valence-corrected chi connectivity index (χ2v) is 7.79. The third-order valence-electron chi connectivity index (χ3n) is 3.79. The van der Waals surface area contributed by atoms with Gasteiger partial charge in [-0.25, -0.2) is 0 Å². The molecule has 0 bridgehead atoms. The van der Waals surface area contributed by atoms with Gasteiger partial charge >= 0.3 is 0 Å². The van der Waals surface area contributed by atoms with Crippen molar-refractivity contribution in [3.8, 4) is 11.5 Å². The summed E-state index contributed by atoms with van der Waals surface area (Å²) in [6, 6.07) is 7.65. The molecule has 3 aromatic rings. The number of methoxy groups -OCH3 is 1. The number of nitrogens with zero attached hydrogens (tertiary/aromatic N) is 3. The Hall–Kier alpha value is -2.99. The maximum atomic E-state index is 12.7. The average molecular weight is 471 g/mol. The number of benzene rings is 2. The van der Waals surface area contributed by atoms with Crippen molar-refractivity contribution in [2.24, 2.45) is 0 Å². The van der Waals surface area contributed by atoms with Gasteiger partial charge in [-0.05, 0) is 53.5 Å². The van der Waals surface area contributed by atoms with Crippen LogP contribution in [0.25, 0.3) is 0 Å². The van der Waals surface area contributed by atoms with Gasteiger partial charge in [0.2, 0.25) is 16.5 Å². The molecule has 0 aliphatic heterocycles. The third-order valence-corrected chi connectivity index (χ3v) is 5.00. The first-order valence-electron chi connectivity index (χ1n) is 7.96. The van der Waals surface area contributed by atoms with Crippen molar-refractivity contribution < 1.29 is 27.6 Å². The first-order valence-corrected chi connectivity index (χ1v) is 10.2. The Bertz CT molecular complexity index is 1220. The SMILES string of the molecule is COc1cc(O)c(C(=O)c2ccc(Nc3nc(Cl)nc(Cl)n3)cc2)cc1S(=O)(=O)O. The summed E-state index contributed by atoms with van der Waals surface area (Å²) in [5.74, 6) is -1.41. The van der Waals surface area contributed by atoms with Gasteiger partial charge in [0.1, 0.15) is 16.4 Å². The summed E-state index contributed by atoms with van der Waals surface area (Å²) in [5.41, 5.74) is 0.289. The minimum Gasteiger partial charge on any atom is -0.507 e. The van der Waals surface area contributed by atoms with E-state index < -0.39 is 26.5 Å². The summed E-state index contributed by atoms with van der Waals surface area (Å²) < 4.78 is 37.2. The normalized spacial score (nSPS) is 11.2.